The van der Waals surface area contributed by atoms with E-state index in [1.54, 1.807) is 0 Å². The van der Waals surface area contributed by atoms with Gasteiger partial charge in [-0.25, -0.2) is 0 Å². The summed E-state index contributed by atoms with van der Waals surface area (Å²) < 4.78 is 0. The van der Waals surface area contributed by atoms with Crippen LogP contribution in [0, 0.1) is 0 Å². The van der Waals surface area contributed by atoms with Crippen molar-refractivity contribution in [2.24, 2.45) is 0 Å². The molecule has 0 aliphatic rings. The molecular formula is C19H18O. The maximum absolute atomic E-state index is 10.3. The van der Waals surface area contributed by atoms with Gasteiger partial charge in [-0.2, -0.15) is 0 Å². The zero-order chi connectivity index (χ0) is 13.8. The first-order valence-corrected chi connectivity index (χ1v) is 7.01. The summed E-state index contributed by atoms with van der Waals surface area (Å²) in [6.07, 6.45) is 1.04. The largest absolute Gasteiger partial charge is 0.392 e. The van der Waals surface area contributed by atoms with Crippen molar-refractivity contribution >= 4 is 10.8 Å². The molecule has 1 nitrogen and oxygen atoms in total. The lowest BCUT2D eigenvalue weighted by Crippen LogP contribution is -2.14. The van der Waals surface area contributed by atoms with Crippen LogP contribution < -0.4 is 0 Å². The van der Waals surface area contributed by atoms with E-state index in [9.17, 15) is 5.11 Å². The van der Waals surface area contributed by atoms with Crippen LogP contribution in [0.3, 0.4) is 0 Å². The molecule has 1 unspecified atom stereocenters. The first-order valence-electron chi connectivity index (χ1n) is 7.01. The molecule has 0 aliphatic heterocycles. The van der Waals surface area contributed by atoms with Crippen LogP contribution >= 0.6 is 0 Å². The molecule has 0 radical (unpaired) electrons. The number of rotatable bonds is 4. The molecule has 0 heterocycles. The Bertz CT molecular complexity index is 683. The predicted molar refractivity (Wildman–Crippen MR) is 83.8 cm³/mol. The molecule has 3 rings (SSSR count). The molecule has 0 spiro atoms. The summed E-state index contributed by atoms with van der Waals surface area (Å²) in [6, 6.07) is 24.8. The Kier molecular flexibility index (Phi) is 3.80. The quantitative estimate of drug-likeness (QED) is 0.754. The fourth-order valence-corrected chi connectivity index (χ4v) is 2.68. The second-order valence-electron chi connectivity index (χ2n) is 5.19. The molecule has 0 aliphatic carbocycles. The molecule has 100 valence electrons. The lowest BCUT2D eigenvalue weighted by molar-refractivity contribution is 0.176. The van der Waals surface area contributed by atoms with Crippen molar-refractivity contribution in [3.8, 4) is 0 Å². The minimum atomic E-state index is -0.344. The minimum absolute atomic E-state index is 0.344. The highest BCUT2D eigenvalue weighted by molar-refractivity contribution is 5.85. The van der Waals surface area contributed by atoms with Crippen molar-refractivity contribution in [2.45, 2.75) is 18.9 Å². The molecule has 0 saturated heterocycles. The van der Waals surface area contributed by atoms with Gasteiger partial charge < -0.3 is 5.11 Å². The summed E-state index contributed by atoms with van der Waals surface area (Å²) in [6.45, 7) is 0. The zero-order valence-electron chi connectivity index (χ0n) is 11.4. The van der Waals surface area contributed by atoms with E-state index in [1.807, 2.05) is 24.3 Å². The van der Waals surface area contributed by atoms with Gasteiger partial charge in [0.15, 0.2) is 0 Å². The van der Waals surface area contributed by atoms with Crippen LogP contribution in [0.2, 0.25) is 0 Å². The fourth-order valence-electron chi connectivity index (χ4n) is 2.68. The van der Waals surface area contributed by atoms with Gasteiger partial charge in [-0.15, -0.1) is 0 Å². The molecule has 0 fully saturated rings. The monoisotopic (exact) mass is 262 g/mol. The van der Waals surface area contributed by atoms with Gasteiger partial charge in [0.05, 0.1) is 6.10 Å². The third kappa shape index (κ3) is 2.89. The minimum Gasteiger partial charge on any atom is -0.392 e. The van der Waals surface area contributed by atoms with Crippen LogP contribution in [0.5, 0.6) is 0 Å². The maximum atomic E-state index is 10.3. The van der Waals surface area contributed by atoms with Gasteiger partial charge in [0.1, 0.15) is 0 Å². The summed E-state index contributed by atoms with van der Waals surface area (Å²) in [7, 11) is 0. The van der Waals surface area contributed by atoms with Gasteiger partial charge in [-0.1, -0.05) is 72.8 Å². The first kappa shape index (κ1) is 12.9. The standard InChI is InChI=1S/C19H18O/c20-18(13-15-7-2-1-3-8-15)14-17-11-6-10-16-9-4-5-12-19(16)17/h1-12,18,20H,13-14H2. The molecular weight excluding hydrogens is 244 g/mol. The number of aliphatic hydroxyl groups is 1. The third-order valence-electron chi connectivity index (χ3n) is 3.65. The van der Waals surface area contributed by atoms with E-state index in [1.165, 1.54) is 21.9 Å². The van der Waals surface area contributed by atoms with Gasteiger partial charge in [-0.05, 0) is 34.7 Å². The molecule has 3 aromatic rings. The smallest absolute Gasteiger partial charge is 0.0621 e. The van der Waals surface area contributed by atoms with Gasteiger partial charge in [0.25, 0.3) is 0 Å². The van der Waals surface area contributed by atoms with Crippen LogP contribution in [-0.2, 0) is 12.8 Å². The van der Waals surface area contributed by atoms with E-state index >= 15 is 0 Å². The summed E-state index contributed by atoms with van der Waals surface area (Å²) in [5.41, 5.74) is 2.40. The van der Waals surface area contributed by atoms with E-state index in [-0.39, 0.29) is 6.10 Å². The fraction of sp³-hybridized carbons (Fsp3) is 0.158. The summed E-state index contributed by atoms with van der Waals surface area (Å²) in [4.78, 5) is 0. The number of hydrogen-bond donors (Lipinski definition) is 1. The van der Waals surface area contributed by atoms with Crippen LogP contribution in [0.4, 0.5) is 0 Å². The Balaban J connectivity index is 1.79. The lowest BCUT2D eigenvalue weighted by atomic mass is 9.97. The average molecular weight is 262 g/mol. The van der Waals surface area contributed by atoms with Crippen molar-refractivity contribution < 1.29 is 5.11 Å². The Labute approximate surface area is 119 Å². The molecule has 1 N–H and O–H groups in total. The number of aliphatic hydroxyl groups excluding tert-OH is 1. The normalized spacial score (nSPS) is 12.4. The van der Waals surface area contributed by atoms with Crippen molar-refractivity contribution in [3.05, 3.63) is 83.9 Å². The van der Waals surface area contributed by atoms with E-state index in [2.05, 4.69) is 48.5 Å². The third-order valence-corrected chi connectivity index (χ3v) is 3.65. The Hall–Kier alpha value is -2.12. The van der Waals surface area contributed by atoms with Crippen molar-refractivity contribution in [1.29, 1.82) is 0 Å². The molecule has 3 aromatic carbocycles. The van der Waals surface area contributed by atoms with Crippen molar-refractivity contribution in [1.82, 2.24) is 0 Å². The highest BCUT2D eigenvalue weighted by Crippen LogP contribution is 2.20. The van der Waals surface area contributed by atoms with Crippen LogP contribution in [-0.4, -0.2) is 11.2 Å². The van der Waals surface area contributed by atoms with E-state index < -0.39 is 0 Å². The molecule has 0 bridgehead atoms. The molecule has 20 heavy (non-hydrogen) atoms. The Morgan fingerprint density at radius 1 is 0.700 bits per heavy atom. The van der Waals surface area contributed by atoms with Gasteiger partial charge in [-0.3, -0.25) is 0 Å². The van der Waals surface area contributed by atoms with E-state index in [4.69, 9.17) is 0 Å². The summed E-state index contributed by atoms with van der Waals surface area (Å²) in [5, 5.41) is 12.8. The van der Waals surface area contributed by atoms with Gasteiger partial charge >= 0.3 is 0 Å². The second-order valence-corrected chi connectivity index (χ2v) is 5.19. The van der Waals surface area contributed by atoms with Gasteiger partial charge in [0.2, 0.25) is 0 Å². The molecule has 0 saturated carbocycles. The highest BCUT2D eigenvalue weighted by Gasteiger charge is 2.09. The van der Waals surface area contributed by atoms with Gasteiger partial charge in [0, 0.05) is 0 Å². The number of hydrogen-bond acceptors (Lipinski definition) is 1. The average Bonchev–Trinajstić information content (AvgIpc) is 2.48. The number of fused-ring (bicyclic) bond motifs is 1. The van der Waals surface area contributed by atoms with Crippen LogP contribution in [0.15, 0.2) is 72.8 Å². The molecule has 0 amide bonds. The van der Waals surface area contributed by atoms with Crippen LogP contribution in [0.25, 0.3) is 10.8 Å². The highest BCUT2D eigenvalue weighted by atomic mass is 16.3. The number of benzene rings is 3. The summed E-state index contributed by atoms with van der Waals surface area (Å²) >= 11 is 0. The lowest BCUT2D eigenvalue weighted by Gasteiger charge is -2.12. The van der Waals surface area contributed by atoms with E-state index in [0.29, 0.717) is 12.8 Å². The molecule has 1 heteroatoms. The molecule has 1 atom stereocenters. The van der Waals surface area contributed by atoms with Crippen molar-refractivity contribution in [2.75, 3.05) is 0 Å². The molecule has 0 aromatic heterocycles. The SMILES string of the molecule is OC(Cc1ccccc1)Cc1cccc2ccccc12. The summed E-state index contributed by atoms with van der Waals surface area (Å²) in [5.74, 6) is 0. The van der Waals surface area contributed by atoms with Crippen LogP contribution in [0.1, 0.15) is 11.1 Å². The maximum Gasteiger partial charge on any atom is 0.0621 e. The Morgan fingerprint density at radius 2 is 1.40 bits per heavy atom. The Morgan fingerprint density at radius 3 is 2.25 bits per heavy atom. The second kappa shape index (κ2) is 5.89. The zero-order valence-corrected chi connectivity index (χ0v) is 11.4. The topological polar surface area (TPSA) is 20.2 Å². The first-order chi connectivity index (χ1) is 9.83. The van der Waals surface area contributed by atoms with Crippen molar-refractivity contribution in [3.63, 3.8) is 0 Å². The predicted octanol–water partition coefficient (Wildman–Crippen LogP) is 3.99. The van der Waals surface area contributed by atoms with E-state index in [0.717, 1.165) is 0 Å².